The molecule has 2 aliphatic rings. The zero-order valence-electron chi connectivity index (χ0n) is 22.4. The third-order valence-electron chi connectivity index (χ3n) is 7.23. The number of hydrogen-bond acceptors (Lipinski definition) is 6. The number of fused-ring (bicyclic) bond motifs is 1. The maximum Gasteiger partial charge on any atom is 0.334 e. The number of carbonyl (C=O) groups is 3. The number of benzene rings is 2. The summed E-state index contributed by atoms with van der Waals surface area (Å²) in [5.74, 6) is -0.358. The van der Waals surface area contributed by atoms with Gasteiger partial charge in [0, 0.05) is 37.8 Å². The Labute approximate surface area is 247 Å². The lowest BCUT2D eigenvalue weighted by molar-refractivity contribution is -0.189. The number of nitrogens with one attached hydrogen (secondary N) is 1. The molecule has 1 aromatic heterocycles. The first-order chi connectivity index (χ1) is 19.9. The van der Waals surface area contributed by atoms with Crippen molar-refractivity contribution in [3.8, 4) is 5.75 Å². The van der Waals surface area contributed by atoms with Crippen molar-refractivity contribution >= 4 is 33.8 Å². The molecule has 2 fully saturated rings. The number of urea groups is 1. The van der Waals surface area contributed by atoms with Gasteiger partial charge in [-0.1, -0.05) is 54.6 Å². The number of hydrogen-bond donors (Lipinski definition) is 2. The van der Waals surface area contributed by atoms with Crippen molar-refractivity contribution in [2.75, 3.05) is 19.6 Å². The second kappa shape index (κ2) is 12.5. The van der Waals surface area contributed by atoms with Gasteiger partial charge in [-0.05, 0) is 45.3 Å². The maximum absolute atomic E-state index is 14.0. The largest absolute Gasteiger partial charge is 0.508 e. The molecule has 3 aromatic rings. The van der Waals surface area contributed by atoms with Crippen LogP contribution in [0.15, 0.2) is 90.2 Å². The molecule has 2 atom stereocenters. The Bertz CT molecular complexity index is 1420. The van der Waals surface area contributed by atoms with E-state index in [1.807, 2.05) is 36.4 Å². The zero-order chi connectivity index (χ0) is 28.9. The van der Waals surface area contributed by atoms with E-state index < -0.39 is 12.2 Å². The van der Waals surface area contributed by atoms with Crippen LogP contribution in [0.25, 0.3) is 0 Å². The number of phenolic OH excluding ortho intramolecular Hbond substituents is 1. The van der Waals surface area contributed by atoms with Gasteiger partial charge >= 0.3 is 6.03 Å². The summed E-state index contributed by atoms with van der Waals surface area (Å²) in [5.41, 5.74) is 2.53. The number of amides is 4. The minimum absolute atomic E-state index is 0.0746. The number of hydrazine groups is 1. The summed E-state index contributed by atoms with van der Waals surface area (Å²) in [4.78, 5) is 48.9. The first-order valence-electron chi connectivity index (χ1n) is 13.3. The van der Waals surface area contributed by atoms with Gasteiger partial charge in [-0.2, -0.15) is 0 Å². The monoisotopic (exact) mass is 618 g/mol. The van der Waals surface area contributed by atoms with Crippen LogP contribution in [-0.4, -0.2) is 79.6 Å². The number of nitrogens with zero attached hydrogens (tertiary/aromatic N) is 5. The minimum Gasteiger partial charge on any atom is -0.508 e. The Morgan fingerprint density at radius 1 is 1.07 bits per heavy atom. The highest BCUT2D eigenvalue weighted by molar-refractivity contribution is 9.10. The molecule has 41 heavy (non-hydrogen) atoms. The first kappa shape index (κ1) is 28.3. The second-order valence-corrected chi connectivity index (χ2v) is 10.7. The Balaban J connectivity index is 1.50. The molecule has 5 rings (SSSR count). The molecule has 2 unspecified atom stereocenters. The number of aromatic nitrogens is 1. The standard InChI is InChI=1S/C30H31BrN6O4/c1-2-15-35-20-27(39)36-25(16-21-10-12-24(38)13-11-21)29(40)34(18-23-9-6-14-32-28(23)31)19-26(36)37(35)30(41)33-17-22-7-4-3-5-8-22/h2-14,25-26,38H,1,15-20H2,(H,33,41). The van der Waals surface area contributed by atoms with Gasteiger partial charge in [0.2, 0.25) is 11.8 Å². The molecule has 0 spiro atoms. The number of pyridine rings is 1. The van der Waals surface area contributed by atoms with Crippen molar-refractivity contribution in [2.45, 2.75) is 31.7 Å². The summed E-state index contributed by atoms with van der Waals surface area (Å²) in [6.07, 6.45) is 2.79. The number of phenols is 1. The van der Waals surface area contributed by atoms with Gasteiger partial charge in [0.25, 0.3) is 0 Å². The zero-order valence-corrected chi connectivity index (χ0v) is 24.0. The fraction of sp³-hybridized carbons (Fsp3) is 0.267. The quantitative estimate of drug-likeness (QED) is 0.296. The predicted molar refractivity (Wildman–Crippen MR) is 156 cm³/mol. The second-order valence-electron chi connectivity index (χ2n) is 9.96. The maximum atomic E-state index is 14.0. The fourth-order valence-electron chi connectivity index (χ4n) is 5.30. The van der Waals surface area contributed by atoms with Crippen LogP contribution in [0.3, 0.4) is 0 Å². The molecule has 11 heteroatoms. The highest BCUT2D eigenvalue weighted by Gasteiger charge is 2.51. The van der Waals surface area contributed by atoms with Crippen molar-refractivity contribution in [3.63, 3.8) is 0 Å². The van der Waals surface area contributed by atoms with Crippen LogP contribution in [0.1, 0.15) is 16.7 Å². The van der Waals surface area contributed by atoms with Crippen LogP contribution >= 0.6 is 15.9 Å². The van der Waals surface area contributed by atoms with E-state index in [4.69, 9.17) is 0 Å². The molecule has 4 amide bonds. The summed E-state index contributed by atoms with van der Waals surface area (Å²) in [6, 6.07) is 18.6. The Hall–Kier alpha value is -4.22. The number of carbonyl (C=O) groups excluding carboxylic acids is 3. The van der Waals surface area contributed by atoms with E-state index in [2.05, 4.69) is 32.8 Å². The third-order valence-corrected chi connectivity index (χ3v) is 7.94. The molecule has 212 valence electrons. The van der Waals surface area contributed by atoms with Gasteiger partial charge in [-0.15, -0.1) is 6.58 Å². The molecule has 10 nitrogen and oxygen atoms in total. The molecule has 0 aliphatic carbocycles. The van der Waals surface area contributed by atoms with Crippen molar-refractivity contribution in [3.05, 3.63) is 107 Å². The molecule has 0 radical (unpaired) electrons. The smallest absolute Gasteiger partial charge is 0.334 e. The fourth-order valence-corrected chi connectivity index (χ4v) is 5.67. The molecule has 0 saturated carbocycles. The average Bonchev–Trinajstić information content (AvgIpc) is 2.97. The summed E-state index contributed by atoms with van der Waals surface area (Å²) >= 11 is 3.47. The topological polar surface area (TPSA) is 109 Å². The van der Waals surface area contributed by atoms with Gasteiger partial charge in [0.1, 0.15) is 22.6 Å². The number of piperazine rings is 1. The van der Waals surface area contributed by atoms with Crippen LogP contribution in [0, 0.1) is 0 Å². The van der Waals surface area contributed by atoms with Crippen LogP contribution in [0.4, 0.5) is 4.79 Å². The van der Waals surface area contributed by atoms with E-state index >= 15 is 0 Å². The summed E-state index contributed by atoms with van der Waals surface area (Å²) < 4.78 is 0.621. The molecule has 2 saturated heterocycles. The van der Waals surface area contributed by atoms with E-state index in [1.165, 1.54) is 0 Å². The lowest BCUT2D eigenvalue weighted by atomic mass is 9.98. The summed E-state index contributed by atoms with van der Waals surface area (Å²) in [6.45, 7) is 4.69. The summed E-state index contributed by atoms with van der Waals surface area (Å²) in [7, 11) is 0. The van der Waals surface area contributed by atoms with E-state index in [1.54, 1.807) is 62.4 Å². The SMILES string of the molecule is C=CCN1CC(=O)N2C(Cc3ccc(O)cc3)C(=O)N(Cc3cccnc3Br)CC2N1C(=O)NCc1ccccc1. The van der Waals surface area contributed by atoms with E-state index in [9.17, 15) is 19.5 Å². The van der Waals surface area contributed by atoms with E-state index in [0.29, 0.717) is 11.1 Å². The van der Waals surface area contributed by atoms with Gasteiger partial charge < -0.3 is 20.2 Å². The Morgan fingerprint density at radius 2 is 1.83 bits per heavy atom. The van der Waals surface area contributed by atoms with Gasteiger partial charge in [-0.3, -0.25) is 9.59 Å². The summed E-state index contributed by atoms with van der Waals surface area (Å²) in [5, 5.41) is 16.0. The molecule has 0 bridgehead atoms. The molecule has 2 N–H and O–H groups in total. The number of rotatable bonds is 8. The minimum atomic E-state index is -0.850. The van der Waals surface area contributed by atoms with Gasteiger partial charge in [0.05, 0.1) is 13.1 Å². The Kier molecular flexibility index (Phi) is 8.65. The molecular weight excluding hydrogens is 588 g/mol. The predicted octanol–water partition coefficient (Wildman–Crippen LogP) is 3.29. The van der Waals surface area contributed by atoms with Gasteiger partial charge in [0.15, 0.2) is 0 Å². The first-order valence-corrected chi connectivity index (χ1v) is 14.1. The number of aromatic hydroxyl groups is 1. The van der Waals surface area contributed by atoms with Gasteiger partial charge in [-0.25, -0.2) is 19.8 Å². The van der Waals surface area contributed by atoms with Crippen LogP contribution in [-0.2, 0) is 29.1 Å². The lowest BCUT2D eigenvalue weighted by Gasteiger charge is -2.55. The van der Waals surface area contributed by atoms with Crippen molar-refractivity contribution in [1.29, 1.82) is 0 Å². The van der Waals surface area contributed by atoms with Crippen molar-refractivity contribution in [2.24, 2.45) is 0 Å². The normalized spacial score (nSPS) is 19.2. The van der Waals surface area contributed by atoms with Crippen molar-refractivity contribution in [1.82, 2.24) is 30.1 Å². The number of halogens is 1. The molecule has 2 aromatic carbocycles. The van der Waals surface area contributed by atoms with Crippen LogP contribution in [0.5, 0.6) is 5.75 Å². The molecule has 2 aliphatic heterocycles. The third kappa shape index (κ3) is 6.26. The van der Waals surface area contributed by atoms with Crippen molar-refractivity contribution < 1.29 is 19.5 Å². The highest BCUT2D eigenvalue weighted by Crippen LogP contribution is 2.30. The van der Waals surface area contributed by atoms with E-state index in [0.717, 1.165) is 16.7 Å². The lowest BCUT2D eigenvalue weighted by Crippen LogP contribution is -2.76. The molecular formula is C30H31BrN6O4. The molecule has 3 heterocycles. The van der Waals surface area contributed by atoms with E-state index in [-0.39, 0.29) is 56.2 Å². The van der Waals surface area contributed by atoms with Crippen LogP contribution in [0.2, 0.25) is 0 Å². The average molecular weight is 620 g/mol. The van der Waals surface area contributed by atoms with Crippen LogP contribution < -0.4 is 5.32 Å². The Morgan fingerprint density at radius 3 is 2.54 bits per heavy atom. The highest BCUT2D eigenvalue weighted by atomic mass is 79.9.